The van der Waals surface area contributed by atoms with Crippen molar-refractivity contribution in [3.05, 3.63) is 47.2 Å². The number of carbonyl (C=O) groups excluding carboxylic acids is 1. The third kappa shape index (κ3) is 3.85. The molecule has 25 heavy (non-hydrogen) atoms. The van der Waals surface area contributed by atoms with E-state index in [2.05, 4.69) is 14.4 Å². The van der Waals surface area contributed by atoms with E-state index < -0.39 is 38.1 Å². The van der Waals surface area contributed by atoms with Gasteiger partial charge in [-0.1, -0.05) is 0 Å². The second-order valence-electron chi connectivity index (χ2n) is 4.93. The van der Waals surface area contributed by atoms with Gasteiger partial charge in [-0.25, -0.2) is 27.0 Å². The summed E-state index contributed by atoms with van der Waals surface area (Å²) in [7, 11) is -2.23. The van der Waals surface area contributed by atoms with Crippen molar-refractivity contribution >= 4 is 21.7 Å². The zero-order chi connectivity index (χ0) is 18.8. The zero-order valence-electron chi connectivity index (χ0n) is 13.5. The molecule has 1 N–H and O–H groups in total. The van der Waals surface area contributed by atoms with Crippen LogP contribution in [0.4, 0.5) is 14.5 Å². The van der Waals surface area contributed by atoms with E-state index >= 15 is 0 Å². The number of aryl methyl sites for hydroxylation is 1. The topological polar surface area (TPSA) is 94.6 Å². The van der Waals surface area contributed by atoms with Crippen LogP contribution in [-0.2, 0) is 14.8 Å². The van der Waals surface area contributed by atoms with Crippen LogP contribution in [0.3, 0.4) is 0 Å². The Morgan fingerprint density at radius 1 is 1.16 bits per heavy atom. The smallest absolute Gasteiger partial charge is 0.340 e. The third-order valence-electron chi connectivity index (χ3n) is 3.14. The minimum absolute atomic E-state index is 0.0363. The Labute approximate surface area is 142 Å². The molecule has 2 rings (SSSR count). The average Bonchev–Trinajstić information content (AvgIpc) is 2.53. The van der Waals surface area contributed by atoms with Gasteiger partial charge in [-0.3, -0.25) is 4.72 Å². The summed E-state index contributed by atoms with van der Waals surface area (Å²) in [5, 5.41) is 0. The molecule has 0 saturated carbocycles. The summed E-state index contributed by atoms with van der Waals surface area (Å²) < 4.78 is 64.0. The number of nitrogens with zero attached hydrogens (tertiary/aromatic N) is 1. The molecule has 134 valence electrons. The number of sulfonamides is 1. The van der Waals surface area contributed by atoms with Gasteiger partial charge < -0.3 is 9.47 Å². The number of hydrogen-bond donors (Lipinski definition) is 1. The van der Waals surface area contributed by atoms with E-state index in [4.69, 9.17) is 4.74 Å². The molecule has 0 amide bonds. The molecule has 0 unspecified atom stereocenters. The van der Waals surface area contributed by atoms with Crippen molar-refractivity contribution in [2.45, 2.75) is 11.8 Å². The van der Waals surface area contributed by atoms with Crippen LogP contribution < -0.4 is 9.46 Å². The molecule has 1 aromatic heterocycles. The minimum atomic E-state index is -4.49. The number of rotatable bonds is 5. The summed E-state index contributed by atoms with van der Waals surface area (Å²) in [4.78, 5) is 14.5. The quantitative estimate of drug-likeness (QED) is 0.809. The Morgan fingerprint density at radius 2 is 1.84 bits per heavy atom. The molecule has 0 aliphatic heterocycles. The summed E-state index contributed by atoms with van der Waals surface area (Å²) >= 11 is 0. The van der Waals surface area contributed by atoms with Crippen LogP contribution >= 0.6 is 0 Å². The molecule has 10 heteroatoms. The molecule has 1 heterocycles. The normalized spacial score (nSPS) is 11.1. The number of pyridine rings is 1. The molecule has 7 nitrogen and oxygen atoms in total. The van der Waals surface area contributed by atoms with Gasteiger partial charge in [0.1, 0.15) is 22.2 Å². The second-order valence-corrected chi connectivity index (χ2v) is 6.58. The Hall–Kier alpha value is -2.75. The van der Waals surface area contributed by atoms with Gasteiger partial charge in [0.05, 0.1) is 19.8 Å². The highest BCUT2D eigenvalue weighted by Gasteiger charge is 2.26. The first-order valence-corrected chi connectivity index (χ1v) is 8.28. The maximum Gasteiger partial charge on any atom is 0.340 e. The number of esters is 1. The van der Waals surface area contributed by atoms with Crippen LogP contribution in [0.5, 0.6) is 5.88 Å². The Kier molecular flexibility index (Phi) is 5.21. The van der Waals surface area contributed by atoms with E-state index in [0.29, 0.717) is 17.7 Å². The number of carbonyl (C=O) groups is 1. The van der Waals surface area contributed by atoms with E-state index in [1.54, 1.807) is 6.92 Å². The fraction of sp³-hybridized carbons (Fsp3) is 0.200. The molecule has 0 radical (unpaired) electrons. The molecule has 0 saturated heterocycles. The average molecular weight is 372 g/mol. The second kappa shape index (κ2) is 7.01. The summed E-state index contributed by atoms with van der Waals surface area (Å²) in [6.07, 6.45) is 1.45. The standard InChI is InChI=1S/C15H14F2N2O5S/c1-8-4-12(14(23-2)18-7-8)19-25(21,22)13-5-9(15(20)24-3)10(16)6-11(13)17/h4-7,19H,1-3H3. The molecule has 0 fully saturated rings. The number of halogens is 2. The van der Waals surface area contributed by atoms with E-state index in [9.17, 15) is 22.0 Å². The van der Waals surface area contributed by atoms with Gasteiger partial charge in [0.25, 0.3) is 10.0 Å². The fourth-order valence-corrected chi connectivity index (χ4v) is 3.13. The van der Waals surface area contributed by atoms with Crippen LogP contribution in [0, 0.1) is 18.6 Å². The molecular weight excluding hydrogens is 358 g/mol. The lowest BCUT2D eigenvalue weighted by Crippen LogP contribution is -2.17. The van der Waals surface area contributed by atoms with E-state index in [-0.39, 0.29) is 11.6 Å². The lowest BCUT2D eigenvalue weighted by atomic mass is 10.2. The molecule has 2 aromatic rings. The fourth-order valence-electron chi connectivity index (χ4n) is 1.99. The molecule has 0 aliphatic rings. The van der Waals surface area contributed by atoms with Crippen molar-refractivity contribution in [3.63, 3.8) is 0 Å². The highest BCUT2D eigenvalue weighted by Crippen LogP contribution is 2.27. The summed E-state index contributed by atoms with van der Waals surface area (Å²) in [5.74, 6) is -3.77. The molecule has 0 bridgehead atoms. The highest BCUT2D eigenvalue weighted by molar-refractivity contribution is 7.92. The molecule has 0 aliphatic carbocycles. The molecule has 0 spiro atoms. The van der Waals surface area contributed by atoms with Crippen molar-refractivity contribution in [2.75, 3.05) is 18.9 Å². The number of ether oxygens (including phenoxy) is 2. The minimum Gasteiger partial charge on any atom is -0.480 e. The predicted molar refractivity (Wildman–Crippen MR) is 84.0 cm³/mol. The first-order valence-electron chi connectivity index (χ1n) is 6.80. The van der Waals surface area contributed by atoms with Gasteiger partial charge in [0.2, 0.25) is 5.88 Å². The van der Waals surface area contributed by atoms with Gasteiger partial charge in [-0.2, -0.15) is 0 Å². The predicted octanol–water partition coefficient (Wildman–Crippen LogP) is 2.26. The number of benzene rings is 1. The van der Waals surface area contributed by atoms with Crippen molar-refractivity contribution < 1.29 is 31.5 Å². The van der Waals surface area contributed by atoms with Gasteiger partial charge in [-0.05, 0) is 24.6 Å². The number of methoxy groups -OCH3 is 2. The van der Waals surface area contributed by atoms with Crippen LogP contribution in [0.15, 0.2) is 29.3 Å². The summed E-state index contributed by atoms with van der Waals surface area (Å²) in [5.41, 5.74) is -0.127. The van der Waals surface area contributed by atoms with Crippen molar-refractivity contribution in [2.24, 2.45) is 0 Å². The first kappa shape index (κ1) is 18.6. The van der Waals surface area contributed by atoms with E-state index in [1.807, 2.05) is 0 Å². The lowest BCUT2D eigenvalue weighted by Gasteiger charge is -2.13. The number of aromatic nitrogens is 1. The third-order valence-corrected chi connectivity index (χ3v) is 4.52. The van der Waals surface area contributed by atoms with Gasteiger partial charge in [0.15, 0.2) is 0 Å². The van der Waals surface area contributed by atoms with Crippen molar-refractivity contribution in [1.29, 1.82) is 0 Å². The van der Waals surface area contributed by atoms with Crippen LogP contribution in [0.1, 0.15) is 15.9 Å². The zero-order valence-corrected chi connectivity index (χ0v) is 14.3. The van der Waals surface area contributed by atoms with E-state index in [0.717, 1.165) is 7.11 Å². The SMILES string of the molecule is COC(=O)c1cc(S(=O)(=O)Nc2cc(C)cnc2OC)c(F)cc1F. The molecular formula is C15H14F2N2O5S. The van der Waals surface area contributed by atoms with Crippen LogP contribution in [0.25, 0.3) is 0 Å². The van der Waals surface area contributed by atoms with E-state index in [1.165, 1.54) is 19.4 Å². The van der Waals surface area contributed by atoms with Crippen LogP contribution in [-0.4, -0.2) is 33.6 Å². The monoisotopic (exact) mass is 372 g/mol. The van der Waals surface area contributed by atoms with Crippen molar-refractivity contribution in [1.82, 2.24) is 4.98 Å². The van der Waals surface area contributed by atoms with Gasteiger partial charge >= 0.3 is 5.97 Å². The number of hydrogen-bond acceptors (Lipinski definition) is 6. The highest BCUT2D eigenvalue weighted by atomic mass is 32.2. The van der Waals surface area contributed by atoms with Gasteiger partial charge in [0, 0.05) is 12.3 Å². The Balaban J connectivity index is 2.54. The maximum absolute atomic E-state index is 14.0. The number of anilines is 1. The van der Waals surface area contributed by atoms with Crippen LogP contribution in [0.2, 0.25) is 0 Å². The first-order chi connectivity index (χ1) is 11.7. The van der Waals surface area contributed by atoms with Crippen molar-refractivity contribution in [3.8, 4) is 5.88 Å². The Bertz CT molecular complexity index is 932. The maximum atomic E-state index is 14.0. The lowest BCUT2D eigenvalue weighted by molar-refractivity contribution is 0.0595. The van der Waals surface area contributed by atoms with Gasteiger partial charge in [-0.15, -0.1) is 0 Å². The number of nitrogens with one attached hydrogen (secondary N) is 1. The summed E-state index contributed by atoms with van der Waals surface area (Å²) in [6.45, 7) is 1.66. The molecule has 1 aromatic carbocycles. The Morgan fingerprint density at radius 3 is 2.44 bits per heavy atom. The largest absolute Gasteiger partial charge is 0.480 e. The molecule has 0 atom stereocenters. The summed E-state index contributed by atoms with van der Waals surface area (Å²) in [6, 6.07) is 2.28.